The van der Waals surface area contributed by atoms with Crippen molar-refractivity contribution in [3.63, 3.8) is 0 Å². The van der Waals surface area contributed by atoms with Crippen LogP contribution in [-0.4, -0.2) is 38.7 Å². The molecule has 94 valence electrons. The number of halogens is 1. The Morgan fingerprint density at radius 3 is 3.00 bits per heavy atom. The molecule has 1 saturated heterocycles. The predicted octanol–water partition coefficient (Wildman–Crippen LogP) is -0.338. The average molecular weight is 245 g/mol. The largest absolute Gasteiger partial charge is 0.394 e. The van der Waals surface area contributed by atoms with Gasteiger partial charge in [-0.05, 0) is 6.07 Å². The Kier molecular flexibility index (Phi) is 3.36. The molecule has 0 radical (unpaired) electrons. The minimum atomic E-state index is -1.38. The fourth-order valence-corrected chi connectivity index (χ4v) is 1.73. The number of hydrogen-bond acceptors (Lipinski definition) is 6. The number of nitrogens with one attached hydrogen (secondary N) is 1. The number of aliphatic hydroxyl groups excluding tert-OH is 1. The summed E-state index contributed by atoms with van der Waals surface area (Å²) in [6.45, 7) is -0.296. The second-order valence-corrected chi connectivity index (χ2v) is 3.70. The molecule has 8 heteroatoms. The molecular weight excluding hydrogens is 233 g/mol. The molecule has 17 heavy (non-hydrogen) atoms. The van der Waals surface area contributed by atoms with E-state index < -0.39 is 24.2 Å². The van der Waals surface area contributed by atoms with Gasteiger partial charge in [0.2, 0.25) is 0 Å². The highest BCUT2D eigenvalue weighted by Crippen LogP contribution is 2.29. The maximum absolute atomic E-state index is 13.6. The van der Waals surface area contributed by atoms with Gasteiger partial charge < -0.3 is 9.84 Å². The van der Waals surface area contributed by atoms with Crippen molar-refractivity contribution in [1.29, 1.82) is 0 Å². The monoisotopic (exact) mass is 245 g/mol. The molecule has 1 aromatic heterocycles. The SMILES string of the molecule is O=c1nc(NO)ccn1[C@@H]1O[C@H](CO)C[C@H]1F. The third kappa shape index (κ3) is 2.28. The van der Waals surface area contributed by atoms with Crippen molar-refractivity contribution < 1.29 is 19.4 Å². The molecule has 3 N–H and O–H groups in total. The molecule has 7 nitrogen and oxygen atoms in total. The zero-order valence-electron chi connectivity index (χ0n) is 8.78. The van der Waals surface area contributed by atoms with Crippen LogP contribution in [0.1, 0.15) is 12.6 Å². The number of ether oxygens (including phenoxy) is 1. The first-order valence-electron chi connectivity index (χ1n) is 5.05. The number of aromatic nitrogens is 2. The molecule has 0 aliphatic carbocycles. The molecule has 2 heterocycles. The first-order valence-corrected chi connectivity index (χ1v) is 5.05. The van der Waals surface area contributed by atoms with Gasteiger partial charge in [-0.2, -0.15) is 4.98 Å². The number of anilines is 1. The molecule has 0 aromatic carbocycles. The van der Waals surface area contributed by atoms with Crippen LogP contribution in [0.3, 0.4) is 0 Å². The van der Waals surface area contributed by atoms with E-state index in [4.69, 9.17) is 15.1 Å². The first kappa shape index (κ1) is 12.0. The van der Waals surface area contributed by atoms with E-state index in [0.29, 0.717) is 0 Å². The quantitative estimate of drug-likeness (QED) is 0.630. The molecular formula is C9H12FN3O4. The van der Waals surface area contributed by atoms with Crippen LogP contribution in [0.15, 0.2) is 17.1 Å². The normalized spacial score (nSPS) is 28.3. The van der Waals surface area contributed by atoms with E-state index in [2.05, 4.69) is 4.98 Å². The van der Waals surface area contributed by atoms with Crippen molar-refractivity contribution in [3.8, 4) is 0 Å². The summed E-state index contributed by atoms with van der Waals surface area (Å²) in [4.78, 5) is 15.0. The molecule has 3 atom stereocenters. The summed E-state index contributed by atoms with van der Waals surface area (Å²) in [5.41, 5.74) is 0.977. The third-order valence-corrected chi connectivity index (χ3v) is 2.55. The molecule has 1 aliphatic rings. The van der Waals surface area contributed by atoms with E-state index in [1.54, 1.807) is 5.48 Å². The van der Waals surface area contributed by atoms with E-state index in [-0.39, 0.29) is 18.8 Å². The van der Waals surface area contributed by atoms with E-state index in [1.807, 2.05) is 0 Å². The number of alkyl halides is 1. The average Bonchev–Trinajstić information content (AvgIpc) is 2.70. The van der Waals surface area contributed by atoms with Crippen LogP contribution < -0.4 is 11.2 Å². The molecule has 2 rings (SSSR count). The first-order chi connectivity index (χ1) is 8.15. The molecule has 0 saturated carbocycles. The Labute approximate surface area is 95.4 Å². The number of rotatable bonds is 3. The maximum atomic E-state index is 13.6. The summed E-state index contributed by atoms with van der Waals surface area (Å²) in [6.07, 6.45) is -1.77. The Bertz CT molecular complexity index is 452. The minimum Gasteiger partial charge on any atom is -0.394 e. The van der Waals surface area contributed by atoms with Crippen LogP contribution in [0.4, 0.5) is 10.2 Å². The molecule has 1 fully saturated rings. The van der Waals surface area contributed by atoms with Gasteiger partial charge in [0.15, 0.2) is 12.0 Å². The van der Waals surface area contributed by atoms with Crippen LogP contribution in [0.5, 0.6) is 0 Å². The Morgan fingerprint density at radius 2 is 2.47 bits per heavy atom. The summed E-state index contributed by atoms with van der Waals surface area (Å²) in [6, 6.07) is 1.31. The van der Waals surface area contributed by atoms with Gasteiger partial charge >= 0.3 is 5.69 Å². The summed E-state index contributed by atoms with van der Waals surface area (Å²) in [5.74, 6) is -0.0293. The van der Waals surface area contributed by atoms with Crippen molar-refractivity contribution in [1.82, 2.24) is 9.55 Å². The zero-order valence-corrected chi connectivity index (χ0v) is 8.78. The molecule has 0 bridgehead atoms. The highest BCUT2D eigenvalue weighted by Gasteiger charge is 2.36. The van der Waals surface area contributed by atoms with Crippen molar-refractivity contribution >= 4 is 5.82 Å². The van der Waals surface area contributed by atoms with Crippen molar-refractivity contribution in [2.24, 2.45) is 0 Å². The Balaban J connectivity index is 2.26. The molecule has 1 aromatic rings. The summed E-state index contributed by atoms with van der Waals surface area (Å²) >= 11 is 0. The van der Waals surface area contributed by atoms with E-state index in [1.165, 1.54) is 12.3 Å². The topological polar surface area (TPSA) is 96.6 Å². The predicted molar refractivity (Wildman–Crippen MR) is 54.4 cm³/mol. The van der Waals surface area contributed by atoms with Crippen molar-refractivity contribution in [3.05, 3.63) is 22.7 Å². The Hall–Kier alpha value is -1.51. The zero-order chi connectivity index (χ0) is 12.4. The summed E-state index contributed by atoms with van der Waals surface area (Å²) < 4.78 is 19.8. The van der Waals surface area contributed by atoms with Crippen LogP contribution in [0, 0.1) is 0 Å². The fraction of sp³-hybridized carbons (Fsp3) is 0.556. The fourth-order valence-electron chi connectivity index (χ4n) is 1.73. The number of aliphatic hydroxyl groups is 1. The number of hydrogen-bond donors (Lipinski definition) is 3. The lowest BCUT2D eigenvalue weighted by molar-refractivity contribution is -0.0393. The van der Waals surface area contributed by atoms with Crippen LogP contribution in [0.25, 0.3) is 0 Å². The lowest BCUT2D eigenvalue weighted by Gasteiger charge is -2.15. The van der Waals surface area contributed by atoms with E-state index >= 15 is 0 Å². The number of nitrogens with zero attached hydrogens (tertiary/aromatic N) is 2. The smallest absolute Gasteiger partial charge is 0.351 e. The molecule has 0 spiro atoms. The summed E-state index contributed by atoms with van der Waals surface area (Å²) in [5, 5.41) is 17.4. The third-order valence-electron chi connectivity index (χ3n) is 2.55. The molecule has 0 amide bonds. The van der Waals surface area contributed by atoms with Gasteiger partial charge in [0, 0.05) is 12.6 Å². The standard InChI is InChI=1S/C9H12FN3O4/c10-6-3-5(4-14)17-8(6)13-2-1-7(12-16)11-9(13)15/h1-2,5-6,8,14,16H,3-4H2,(H,11,12,15)/t5-,6+,8+/m0/s1. The lowest BCUT2D eigenvalue weighted by Crippen LogP contribution is -2.30. The van der Waals surface area contributed by atoms with E-state index in [9.17, 15) is 9.18 Å². The van der Waals surface area contributed by atoms with Crippen LogP contribution in [-0.2, 0) is 4.74 Å². The molecule has 0 unspecified atom stereocenters. The molecule has 1 aliphatic heterocycles. The van der Waals surface area contributed by atoms with Crippen molar-refractivity contribution in [2.45, 2.75) is 24.9 Å². The Morgan fingerprint density at radius 1 is 1.71 bits per heavy atom. The van der Waals surface area contributed by atoms with Gasteiger partial charge in [-0.25, -0.2) is 9.18 Å². The second-order valence-electron chi connectivity index (χ2n) is 3.70. The van der Waals surface area contributed by atoms with Gasteiger partial charge in [0.25, 0.3) is 0 Å². The van der Waals surface area contributed by atoms with E-state index in [0.717, 1.165) is 4.57 Å². The van der Waals surface area contributed by atoms with Gasteiger partial charge in [0.1, 0.15) is 6.17 Å². The van der Waals surface area contributed by atoms with Crippen LogP contribution in [0.2, 0.25) is 0 Å². The second kappa shape index (κ2) is 4.78. The maximum Gasteiger partial charge on any atom is 0.351 e. The van der Waals surface area contributed by atoms with Crippen molar-refractivity contribution in [2.75, 3.05) is 12.1 Å². The highest BCUT2D eigenvalue weighted by atomic mass is 19.1. The van der Waals surface area contributed by atoms with Gasteiger partial charge in [0.05, 0.1) is 12.7 Å². The highest BCUT2D eigenvalue weighted by molar-refractivity contribution is 5.28. The minimum absolute atomic E-state index is 0.0293. The van der Waals surface area contributed by atoms with Gasteiger partial charge in [-0.3, -0.25) is 15.3 Å². The van der Waals surface area contributed by atoms with Gasteiger partial charge in [-0.15, -0.1) is 0 Å². The summed E-state index contributed by atoms with van der Waals surface area (Å²) in [7, 11) is 0. The lowest BCUT2D eigenvalue weighted by atomic mass is 10.2. The van der Waals surface area contributed by atoms with Gasteiger partial charge in [-0.1, -0.05) is 0 Å². The van der Waals surface area contributed by atoms with Crippen LogP contribution >= 0.6 is 0 Å².